The molecule has 3 heteroatoms. The molecule has 1 unspecified atom stereocenters. The molecule has 3 aromatic rings. The van der Waals surface area contributed by atoms with Gasteiger partial charge in [-0.2, -0.15) is 0 Å². The second kappa shape index (κ2) is 6.59. The molecule has 0 aliphatic rings. The fourth-order valence-corrected chi connectivity index (χ4v) is 2.87. The highest BCUT2D eigenvalue weighted by Gasteiger charge is 2.20. The van der Waals surface area contributed by atoms with Gasteiger partial charge in [0, 0.05) is 11.5 Å². The van der Waals surface area contributed by atoms with Crippen LogP contribution < -0.4 is 0 Å². The molecule has 0 spiro atoms. The highest BCUT2D eigenvalue weighted by Crippen LogP contribution is 2.37. The number of aromatic carboxylic acids is 1. The zero-order chi connectivity index (χ0) is 17.1. The fourth-order valence-electron chi connectivity index (χ4n) is 2.87. The van der Waals surface area contributed by atoms with Gasteiger partial charge in [0.2, 0.25) is 0 Å². The van der Waals surface area contributed by atoms with Crippen LogP contribution in [-0.2, 0) is 0 Å². The van der Waals surface area contributed by atoms with Crippen LogP contribution in [0, 0.1) is 0 Å². The van der Waals surface area contributed by atoms with Crippen LogP contribution in [0.3, 0.4) is 0 Å². The van der Waals surface area contributed by atoms with E-state index in [1.165, 1.54) is 6.07 Å². The monoisotopic (exact) mass is 318 g/mol. The van der Waals surface area contributed by atoms with Crippen LogP contribution in [0.5, 0.6) is 5.75 Å². The molecule has 3 rings (SSSR count). The molecule has 0 bridgehead atoms. The van der Waals surface area contributed by atoms with Gasteiger partial charge in [-0.1, -0.05) is 67.6 Å². The molecule has 0 fully saturated rings. The molecule has 0 aliphatic heterocycles. The molecule has 0 aromatic heterocycles. The molecule has 3 nitrogen and oxygen atoms in total. The van der Waals surface area contributed by atoms with Gasteiger partial charge >= 0.3 is 5.97 Å². The Morgan fingerprint density at radius 3 is 2.04 bits per heavy atom. The Morgan fingerprint density at radius 1 is 0.875 bits per heavy atom. The zero-order valence-corrected chi connectivity index (χ0v) is 13.3. The molecule has 24 heavy (non-hydrogen) atoms. The van der Waals surface area contributed by atoms with E-state index >= 15 is 0 Å². The van der Waals surface area contributed by atoms with Gasteiger partial charge in [0.25, 0.3) is 0 Å². The highest BCUT2D eigenvalue weighted by molar-refractivity contribution is 5.93. The standard InChI is InChI=1S/C21H18O3/c1-14(15-8-4-2-5-9-15)18-12-17(16-10-6-3-7-11-16)13-19(20(18)22)21(23)24/h2-14,22H,1H3,(H,23,24). The van der Waals surface area contributed by atoms with Crippen LogP contribution >= 0.6 is 0 Å². The third kappa shape index (κ3) is 3.01. The summed E-state index contributed by atoms with van der Waals surface area (Å²) in [4.78, 5) is 11.6. The van der Waals surface area contributed by atoms with E-state index in [9.17, 15) is 15.0 Å². The molecule has 120 valence electrons. The summed E-state index contributed by atoms with van der Waals surface area (Å²) in [5.41, 5.74) is 3.26. The maximum Gasteiger partial charge on any atom is 0.339 e. The second-order valence-electron chi connectivity index (χ2n) is 5.77. The number of aromatic hydroxyl groups is 1. The average Bonchev–Trinajstić information content (AvgIpc) is 2.62. The van der Waals surface area contributed by atoms with Gasteiger partial charge in [0.05, 0.1) is 0 Å². The Bertz CT molecular complexity index is 855. The van der Waals surface area contributed by atoms with Crippen molar-refractivity contribution in [1.29, 1.82) is 0 Å². The van der Waals surface area contributed by atoms with Gasteiger partial charge in [0.15, 0.2) is 0 Å². The molecule has 0 saturated carbocycles. The Kier molecular flexibility index (Phi) is 4.34. The third-order valence-electron chi connectivity index (χ3n) is 4.24. The molecule has 0 saturated heterocycles. The van der Waals surface area contributed by atoms with Crippen LogP contribution in [0.1, 0.15) is 34.3 Å². The van der Waals surface area contributed by atoms with Crippen molar-refractivity contribution in [3.8, 4) is 16.9 Å². The van der Waals surface area contributed by atoms with Gasteiger partial charge in [-0.25, -0.2) is 4.79 Å². The molecule has 1 atom stereocenters. The summed E-state index contributed by atoms with van der Waals surface area (Å²) in [6.45, 7) is 1.96. The summed E-state index contributed by atoms with van der Waals surface area (Å²) < 4.78 is 0. The van der Waals surface area contributed by atoms with Gasteiger partial charge in [-0.3, -0.25) is 0 Å². The SMILES string of the molecule is CC(c1ccccc1)c1cc(-c2ccccc2)cc(C(=O)O)c1O. The van der Waals surface area contributed by atoms with Crippen LogP contribution in [0.25, 0.3) is 11.1 Å². The van der Waals surface area contributed by atoms with Crippen molar-refractivity contribution >= 4 is 5.97 Å². The van der Waals surface area contributed by atoms with Crippen LogP contribution in [-0.4, -0.2) is 16.2 Å². The first-order valence-electron chi connectivity index (χ1n) is 7.78. The predicted molar refractivity (Wildman–Crippen MR) is 94.5 cm³/mol. The summed E-state index contributed by atoms with van der Waals surface area (Å²) in [7, 11) is 0. The predicted octanol–water partition coefficient (Wildman–Crippen LogP) is 4.91. The lowest BCUT2D eigenvalue weighted by Gasteiger charge is -2.17. The number of phenols is 1. The molecular formula is C21H18O3. The van der Waals surface area contributed by atoms with Crippen LogP contribution in [0.2, 0.25) is 0 Å². The fraction of sp³-hybridized carbons (Fsp3) is 0.0952. The summed E-state index contributed by atoms with van der Waals surface area (Å²) in [6, 6.07) is 22.7. The quantitative estimate of drug-likeness (QED) is 0.718. The van der Waals surface area contributed by atoms with Crippen molar-refractivity contribution in [2.75, 3.05) is 0 Å². The highest BCUT2D eigenvalue weighted by atomic mass is 16.4. The van der Waals surface area contributed by atoms with Gasteiger partial charge in [-0.15, -0.1) is 0 Å². The summed E-state index contributed by atoms with van der Waals surface area (Å²) in [5, 5.41) is 19.9. The number of carboxylic acids is 1. The first-order chi connectivity index (χ1) is 11.6. The van der Waals surface area contributed by atoms with Crippen molar-refractivity contribution in [2.24, 2.45) is 0 Å². The molecule has 2 N–H and O–H groups in total. The van der Waals surface area contributed by atoms with Crippen LogP contribution in [0.4, 0.5) is 0 Å². The van der Waals surface area contributed by atoms with Crippen molar-refractivity contribution in [3.05, 3.63) is 89.5 Å². The Balaban J connectivity index is 2.18. The lowest BCUT2D eigenvalue weighted by Crippen LogP contribution is -2.03. The van der Waals surface area contributed by atoms with E-state index in [-0.39, 0.29) is 17.2 Å². The smallest absolute Gasteiger partial charge is 0.339 e. The van der Waals surface area contributed by atoms with Crippen LogP contribution in [0.15, 0.2) is 72.8 Å². The Hall–Kier alpha value is -3.07. The van der Waals surface area contributed by atoms with Crippen molar-refractivity contribution < 1.29 is 15.0 Å². The topological polar surface area (TPSA) is 57.5 Å². The van der Waals surface area contributed by atoms with E-state index in [0.717, 1.165) is 16.7 Å². The molecule has 0 heterocycles. The Morgan fingerprint density at radius 2 is 1.46 bits per heavy atom. The first kappa shape index (κ1) is 15.8. The van der Waals surface area contributed by atoms with E-state index in [4.69, 9.17) is 0 Å². The van der Waals surface area contributed by atoms with E-state index in [2.05, 4.69) is 0 Å². The average molecular weight is 318 g/mol. The number of carbonyl (C=O) groups is 1. The summed E-state index contributed by atoms with van der Waals surface area (Å²) in [6.07, 6.45) is 0. The molecule has 0 aliphatic carbocycles. The molecule has 0 radical (unpaired) electrons. The van der Waals surface area contributed by atoms with Crippen molar-refractivity contribution in [3.63, 3.8) is 0 Å². The zero-order valence-electron chi connectivity index (χ0n) is 13.3. The number of hydrogen-bond acceptors (Lipinski definition) is 2. The Labute approximate surface area is 140 Å². The second-order valence-corrected chi connectivity index (χ2v) is 5.77. The normalized spacial score (nSPS) is 11.9. The number of rotatable bonds is 4. The van der Waals surface area contributed by atoms with E-state index in [0.29, 0.717) is 5.56 Å². The minimum absolute atomic E-state index is 0.0749. The first-order valence-corrected chi connectivity index (χ1v) is 7.78. The molecule has 0 amide bonds. The number of hydrogen-bond donors (Lipinski definition) is 2. The van der Waals surface area contributed by atoms with E-state index in [1.54, 1.807) is 0 Å². The molecule has 3 aromatic carbocycles. The van der Waals surface area contributed by atoms with Gasteiger partial charge in [-0.05, 0) is 28.8 Å². The largest absolute Gasteiger partial charge is 0.507 e. The summed E-state index contributed by atoms with van der Waals surface area (Å²) >= 11 is 0. The van der Waals surface area contributed by atoms with E-state index < -0.39 is 5.97 Å². The maximum absolute atomic E-state index is 11.6. The third-order valence-corrected chi connectivity index (χ3v) is 4.24. The minimum Gasteiger partial charge on any atom is -0.507 e. The lowest BCUT2D eigenvalue weighted by atomic mass is 9.88. The molecular weight excluding hydrogens is 300 g/mol. The lowest BCUT2D eigenvalue weighted by molar-refractivity contribution is 0.0693. The van der Waals surface area contributed by atoms with E-state index in [1.807, 2.05) is 73.7 Å². The van der Waals surface area contributed by atoms with Crippen molar-refractivity contribution in [2.45, 2.75) is 12.8 Å². The minimum atomic E-state index is -1.13. The number of benzene rings is 3. The number of carboxylic acid groups (broad SMARTS) is 1. The maximum atomic E-state index is 11.6. The summed E-state index contributed by atoms with van der Waals surface area (Å²) in [5.74, 6) is -1.42. The van der Waals surface area contributed by atoms with Gasteiger partial charge < -0.3 is 10.2 Å². The van der Waals surface area contributed by atoms with Crippen molar-refractivity contribution in [1.82, 2.24) is 0 Å². The van der Waals surface area contributed by atoms with Gasteiger partial charge in [0.1, 0.15) is 11.3 Å².